The third kappa shape index (κ3) is 2.94. The molecule has 0 N–H and O–H groups in total. The molecule has 1 aliphatic rings. The van der Waals surface area contributed by atoms with Crippen molar-refractivity contribution in [2.45, 2.75) is 33.0 Å². The molecular weight excluding hydrogens is 336 g/mol. The lowest BCUT2D eigenvalue weighted by atomic mass is 9.93. The van der Waals surface area contributed by atoms with Crippen molar-refractivity contribution in [3.05, 3.63) is 64.7 Å². The van der Waals surface area contributed by atoms with Gasteiger partial charge in [0.05, 0.1) is 16.7 Å². The number of carbonyl (C=O) groups excluding carboxylic acids is 3. The van der Waals surface area contributed by atoms with Crippen molar-refractivity contribution in [3.8, 4) is 5.75 Å². The number of rotatable bonds is 4. The predicted molar refractivity (Wildman–Crippen MR) is 91.5 cm³/mol. The van der Waals surface area contributed by atoms with E-state index in [9.17, 15) is 14.4 Å². The quantitative estimate of drug-likeness (QED) is 0.620. The van der Waals surface area contributed by atoms with Crippen LogP contribution in [0.2, 0.25) is 0 Å². The summed E-state index contributed by atoms with van der Waals surface area (Å²) in [5.41, 5.74) is 1.88. The normalized spacial score (nSPS) is 18.0. The van der Waals surface area contributed by atoms with E-state index in [0.717, 1.165) is 5.56 Å². The molecule has 1 heterocycles. The molecule has 0 bridgehead atoms. The number of cyclic esters (lactones) is 1. The van der Waals surface area contributed by atoms with E-state index in [-0.39, 0.29) is 5.75 Å². The lowest BCUT2D eigenvalue weighted by Gasteiger charge is -2.30. The van der Waals surface area contributed by atoms with E-state index in [4.69, 9.17) is 14.2 Å². The Balaban J connectivity index is 2.30. The molecule has 1 unspecified atom stereocenters. The van der Waals surface area contributed by atoms with Gasteiger partial charge in [-0.25, -0.2) is 4.79 Å². The third-order valence-electron chi connectivity index (χ3n) is 4.09. The van der Waals surface area contributed by atoms with E-state index in [1.807, 2.05) is 6.92 Å². The Morgan fingerprint density at radius 3 is 2.42 bits per heavy atom. The van der Waals surface area contributed by atoms with Gasteiger partial charge in [-0.05, 0) is 36.2 Å². The van der Waals surface area contributed by atoms with Gasteiger partial charge in [-0.3, -0.25) is 9.59 Å². The van der Waals surface area contributed by atoms with E-state index < -0.39 is 23.7 Å². The average Bonchev–Trinajstić information content (AvgIpc) is 2.87. The van der Waals surface area contributed by atoms with Crippen LogP contribution in [0.15, 0.2) is 42.5 Å². The van der Waals surface area contributed by atoms with Crippen LogP contribution in [0, 0.1) is 0 Å². The maximum absolute atomic E-state index is 12.4. The molecule has 2 aromatic rings. The van der Waals surface area contributed by atoms with Crippen molar-refractivity contribution in [1.82, 2.24) is 0 Å². The van der Waals surface area contributed by atoms with Gasteiger partial charge in [-0.15, -0.1) is 0 Å². The maximum atomic E-state index is 12.4. The fraction of sp³-hybridized carbons (Fsp3) is 0.250. The molecule has 0 radical (unpaired) electrons. The molecule has 0 aliphatic carbocycles. The van der Waals surface area contributed by atoms with Crippen LogP contribution in [0.25, 0.3) is 0 Å². The number of hydrogen-bond acceptors (Lipinski definition) is 6. The summed E-state index contributed by atoms with van der Waals surface area (Å²) in [6.07, 6.45) is 0.694. The fourth-order valence-corrected chi connectivity index (χ4v) is 3.02. The molecule has 2 aromatic carbocycles. The first-order valence-electron chi connectivity index (χ1n) is 8.21. The van der Waals surface area contributed by atoms with Crippen LogP contribution in [0.4, 0.5) is 0 Å². The number of esters is 3. The molecule has 6 heteroatoms. The minimum Gasteiger partial charge on any atom is -0.426 e. The highest BCUT2D eigenvalue weighted by atomic mass is 16.7. The maximum Gasteiger partial charge on any atom is 0.342 e. The number of carbonyl (C=O) groups is 3. The van der Waals surface area contributed by atoms with Gasteiger partial charge in [0, 0.05) is 13.8 Å². The van der Waals surface area contributed by atoms with Crippen molar-refractivity contribution < 1.29 is 28.6 Å². The second-order valence-corrected chi connectivity index (χ2v) is 5.92. The summed E-state index contributed by atoms with van der Waals surface area (Å²) in [6, 6.07) is 11.8. The highest BCUT2D eigenvalue weighted by Crippen LogP contribution is 2.46. The minimum absolute atomic E-state index is 0.167. The van der Waals surface area contributed by atoms with E-state index in [0.29, 0.717) is 23.1 Å². The Kier molecular flexibility index (Phi) is 4.50. The minimum atomic E-state index is -1.80. The highest BCUT2D eigenvalue weighted by Gasteiger charge is 2.52. The largest absolute Gasteiger partial charge is 0.426 e. The second-order valence-electron chi connectivity index (χ2n) is 5.92. The lowest BCUT2D eigenvalue weighted by molar-refractivity contribution is -0.191. The van der Waals surface area contributed by atoms with Crippen molar-refractivity contribution >= 4 is 17.9 Å². The van der Waals surface area contributed by atoms with Gasteiger partial charge < -0.3 is 14.2 Å². The highest BCUT2D eigenvalue weighted by molar-refractivity contribution is 5.95. The van der Waals surface area contributed by atoms with Crippen LogP contribution in [-0.4, -0.2) is 17.9 Å². The summed E-state index contributed by atoms with van der Waals surface area (Å²) in [7, 11) is 0. The van der Waals surface area contributed by atoms with Crippen molar-refractivity contribution in [1.29, 1.82) is 0 Å². The van der Waals surface area contributed by atoms with Gasteiger partial charge in [0.1, 0.15) is 5.75 Å². The van der Waals surface area contributed by atoms with Crippen LogP contribution in [0.1, 0.15) is 47.8 Å². The Hall–Kier alpha value is -3.15. The van der Waals surface area contributed by atoms with Crippen LogP contribution in [0.3, 0.4) is 0 Å². The SMILES string of the molecule is CCc1ccc(OC(C)=O)c(C2(OC(C)=O)OC(=O)c3ccccc32)c1. The number of benzene rings is 2. The summed E-state index contributed by atoms with van der Waals surface area (Å²) < 4.78 is 16.4. The summed E-state index contributed by atoms with van der Waals surface area (Å²) >= 11 is 0. The number of ether oxygens (including phenoxy) is 3. The fourth-order valence-electron chi connectivity index (χ4n) is 3.02. The first-order valence-corrected chi connectivity index (χ1v) is 8.21. The lowest BCUT2D eigenvalue weighted by Crippen LogP contribution is -2.34. The molecule has 1 atom stereocenters. The monoisotopic (exact) mass is 354 g/mol. The third-order valence-corrected chi connectivity index (χ3v) is 4.09. The molecule has 0 spiro atoms. The standard InChI is InChI=1S/C20H18O6/c1-4-14-9-10-18(24-12(2)21)17(11-14)20(25-13(3)22)16-8-6-5-7-15(16)19(23)26-20/h5-11H,4H2,1-3H3. The Morgan fingerprint density at radius 1 is 1.04 bits per heavy atom. The molecule has 0 saturated carbocycles. The Morgan fingerprint density at radius 2 is 1.77 bits per heavy atom. The number of aryl methyl sites for hydroxylation is 1. The van der Waals surface area contributed by atoms with Crippen molar-refractivity contribution in [3.63, 3.8) is 0 Å². The molecule has 0 fully saturated rings. The van der Waals surface area contributed by atoms with Gasteiger partial charge in [0.15, 0.2) is 0 Å². The second kappa shape index (κ2) is 6.63. The Bertz CT molecular complexity index is 897. The zero-order valence-corrected chi connectivity index (χ0v) is 14.7. The van der Waals surface area contributed by atoms with Gasteiger partial charge in [-0.1, -0.05) is 25.1 Å². The molecule has 0 saturated heterocycles. The van der Waals surface area contributed by atoms with Gasteiger partial charge in [0.2, 0.25) is 0 Å². The van der Waals surface area contributed by atoms with Crippen molar-refractivity contribution in [2.24, 2.45) is 0 Å². The number of hydrogen-bond donors (Lipinski definition) is 0. The zero-order chi connectivity index (χ0) is 18.9. The van der Waals surface area contributed by atoms with Crippen LogP contribution >= 0.6 is 0 Å². The average molecular weight is 354 g/mol. The summed E-state index contributed by atoms with van der Waals surface area (Å²) in [5.74, 6) is -3.41. The molecule has 0 aromatic heterocycles. The molecule has 0 amide bonds. The summed E-state index contributed by atoms with van der Waals surface area (Å²) in [5, 5.41) is 0. The van der Waals surface area contributed by atoms with E-state index in [1.54, 1.807) is 42.5 Å². The Labute approximate surface area is 150 Å². The molecule has 3 rings (SSSR count). The van der Waals surface area contributed by atoms with E-state index in [1.165, 1.54) is 13.8 Å². The predicted octanol–water partition coefficient (Wildman–Crippen LogP) is 3.11. The molecule has 1 aliphatic heterocycles. The summed E-state index contributed by atoms with van der Waals surface area (Å²) in [6.45, 7) is 4.45. The van der Waals surface area contributed by atoms with Gasteiger partial charge in [-0.2, -0.15) is 0 Å². The van der Waals surface area contributed by atoms with Crippen LogP contribution < -0.4 is 4.74 Å². The van der Waals surface area contributed by atoms with E-state index in [2.05, 4.69) is 0 Å². The van der Waals surface area contributed by atoms with Gasteiger partial charge >= 0.3 is 23.7 Å². The topological polar surface area (TPSA) is 78.9 Å². The molecule has 26 heavy (non-hydrogen) atoms. The first kappa shape index (κ1) is 17.7. The molecular formula is C20H18O6. The zero-order valence-electron chi connectivity index (χ0n) is 14.7. The van der Waals surface area contributed by atoms with Gasteiger partial charge in [0.25, 0.3) is 0 Å². The van der Waals surface area contributed by atoms with Crippen molar-refractivity contribution in [2.75, 3.05) is 0 Å². The first-order chi connectivity index (χ1) is 12.4. The molecule has 6 nitrogen and oxygen atoms in total. The van der Waals surface area contributed by atoms with E-state index >= 15 is 0 Å². The van der Waals surface area contributed by atoms with Crippen LogP contribution in [0.5, 0.6) is 5.75 Å². The summed E-state index contributed by atoms with van der Waals surface area (Å²) in [4.78, 5) is 35.8. The number of fused-ring (bicyclic) bond motifs is 1. The van der Waals surface area contributed by atoms with Crippen LogP contribution in [-0.2, 0) is 31.3 Å². The smallest absolute Gasteiger partial charge is 0.342 e. The molecule has 134 valence electrons.